The highest BCUT2D eigenvalue weighted by Crippen LogP contribution is 2.32. The Kier molecular flexibility index (Phi) is 4.22. The minimum atomic E-state index is -0.928. The topological polar surface area (TPSA) is 43.1 Å². The average Bonchev–Trinajstić information content (AvgIpc) is 2.48. The van der Waals surface area contributed by atoms with Crippen molar-refractivity contribution in [1.29, 1.82) is 0 Å². The fourth-order valence-corrected chi connectivity index (χ4v) is 4.71. The fourth-order valence-electron chi connectivity index (χ4n) is 3.13. The smallest absolute Gasteiger partial charge is 0.0547 e. The van der Waals surface area contributed by atoms with Crippen LogP contribution in [-0.2, 0) is 23.0 Å². The molecule has 3 unspecified atom stereocenters. The van der Waals surface area contributed by atoms with Crippen LogP contribution in [0, 0.1) is 6.92 Å². The van der Waals surface area contributed by atoms with Crippen molar-refractivity contribution in [3.63, 3.8) is 0 Å². The van der Waals surface area contributed by atoms with Crippen LogP contribution in [0.5, 0.6) is 0 Å². The van der Waals surface area contributed by atoms with Gasteiger partial charge in [0, 0.05) is 22.6 Å². The molecule has 0 spiro atoms. The van der Waals surface area contributed by atoms with Crippen molar-refractivity contribution in [2.75, 3.05) is 0 Å². The molecule has 1 aliphatic carbocycles. The minimum absolute atomic E-state index is 0.0559. The van der Waals surface area contributed by atoms with E-state index in [0.29, 0.717) is 5.75 Å². The Balaban J connectivity index is 1.77. The lowest BCUT2D eigenvalue weighted by Crippen LogP contribution is -2.35. The van der Waals surface area contributed by atoms with Crippen LogP contribution in [0.25, 0.3) is 0 Å². The van der Waals surface area contributed by atoms with Gasteiger partial charge in [-0.25, -0.2) is 0 Å². The third-order valence-corrected chi connectivity index (χ3v) is 6.06. The molecule has 2 N–H and O–H groups in total. The third kappa shape index (κ3) is 3.09. The molecular weight excluding hydrogens is 278 g/mol. The van der Waals surface area contributed by atoms with E-state index in [4.69, 9.17) is 5.73 Å². The lowest BCUT2D eigenvalue weighted by Gasteiger charge is -2.30. The second kappa shape index (κ2) is 6.12. The van der Waals surface area contributed by atoms with E-state index in [-0.39, 0.29) is 11.3 Å². The molecule has 0 fully saturated rings. The number of hydrogen-bond acceptors (Lipinski definition) is 2. The van der Waals surface area contributed by atoms with Gasteiger partial charge in [0.2, 0.25) is 0 Å². The summed E-state index contributed by atoms with van der Waals surface area (Å²) < 4.78 is 12.7. The summed E-state index contributed by atoms with van der Waals surface area (Å²) in [5.74, 6) is 0.599. The Morgan fingerprint density at radius 1 is 1.19 bits per heavy atom. The SMILES string of the molecule is Cc1cccc(CS(=O)C2CCc3ccccc3C2N)c1. The molecule has 2 aromatic carbocycles. The Morgan fingerprint density at radius 3 is 2.81 bits per heavy atom. The van der Waals surface area contributed by atoms with Crippen LogP contribution < -0.4 is 5.73 Å². The van der Waals surface area contributed by atoms with E-state index < -0.39 is 10.8 Å². The van der Waals surface area contributed by atoms with Gasteiger partial charge in [0.15, 0.2) is 0 Å². The van der Waals surface area contributed by atoms with Crippen LogP contribution in [0.3, 0.4) is 0 Å². The predicted molar refractivity (Wildman–Crippen MR) is 88.5 cm³/mol. The normalized spacial score (nSPS) is 22.6. The van der Waals surface area contributed by atoms with Gasteiger partial charge in [0.05, 0.1) is 5.25 Å². The highest BCUT2D eigenvalue weighted by Gasteiger charge is 2.30. The first-order valence-electron chi connectivity index (χ1n) is 7.41. The first kappa shape index (κ1) is 14.5. The van der Waals surface area contributed by atoms with Gasteiger partial charge in [0.1, 0.15) is 0 Å². The first-order chi connectivity index (χ1) is 10.1. The van der Waals surface area contributed by atoms with Crippen molar-refractivity contribution in [1.82, 2.24) is 0 Å². The quantitative estimate of drug-likeness (QED) is 0.945. The molecule has 0 saturated heterocycles. The average molecular weight is 299 g/mol. The second-order valence-electron chi connectivity index (χ2n) is 5.82. The van der Waals surface area contributed by atoms with Crippen LogP contribution in [0.1, 0.15) is 34.7 Å². The summed E-state index contributed by atoms with van der Waals surface area (Å²) >= 11 is 0. The molecule has 0 amide bonds. The summed E-state index contributed by atoms with van der Waals surface area (Å²) in [7, 11) is -0.928. The van der Waals surface area contributed by atoms with Crippen molar-refractivity contribution in [3.8, 4) is 0 Å². The van der Waals surface area contributed by atoms with Gasteiger partial charge in [-0.2, -0.15) is 0 Å². The summed E-state index contributed by atoms with van der Waals surface area (Å²) in [4.78, 5) is 0. The van der Waals surface area contributed by atoms with Gasteiger partial charge in [0.25, 0.3) is 0 Å². The van der Waals surface area contributed by atoms with Crippen molar-refractivity contribution in [3.05, 3.63) is 70.8 Å². The third-order valence-electron chi connectivity index (χ3n) is 4.24. The molecule has 110 valence electrons. The number of rotatable bonds is 3. The summed E-state index contributed by atoms with van der Waals surface area (Å²) in [6, 6.07) is 16.4. The monoisotopic (exact) mass is 299 g/mol. The van der Waals surface area contributed by atoms with Crippen LogP contribution >= 0.6 is 0 Å². The number of benzene rings is 2. The van der Waals surface area contributed by atoms with Crippen molar-refractivity contribution in [2.45, 2.75) is 36.8 Å². The van der Waals surface area contributed by atoms with E-state index in [0.717, 1.165) is 18.4 Å². The van der Waals surface area contributed by atoms with E-state index in [2.05, 4.69) is 37.3 Å². The zero-order valence-electron chi connectivity index (χ0n) is 12.3. The van der Waals surface area contributed by atoms with Gasteiger partial charge in [-0.15, -0.1) is 0 Å². The number of aryl methyl sites for hydroxylation is 2. The number of nitrogens with two attached hydrogens (primary N) is 1. The van der Waals surface area contributed by atoms with E-state index >= 15 is 0 Å². The molecule has 0 bridgehead atoms. The second-order valence-corrected chi connectivity index (χ2v) is 7.47. The molecule has 3 atom stereocenters. The van der Waals surface area contributed by atoms with Crippen LogP contribution in [-0.4, -0.2) is 9.46 Å². The van der Waals surface area contributed by atoms with Crippen LogP contribution in [0.15, 0.2) is 48.5 Å². The number of fused-ring (bicyclic) bond motifs is 1. The lowest BCUT2D eigenvalue weighted by atomic mass is 9.88. The summed E-state index contributed by atoms with van der Waals surface area (Å²) in [5.41, 5.74) is 11.2. The molecule has 3 rings (SSSR count). The molecule has 0 aliphatic heterocycles. The zero-order chi connectivity index (χ0) is 14.8. The van der Waals surface area contributed by atoms with Crippen molar-refractivity contribution >= 4 is 10.8 Å². The van der Waals surface area contributed by atoms with Gasteiger partial charge in [-0.3, -0.25) is 4.21 Å². The highest BCUT2D eigenvalue weighted by atomic mass is 32.2. The van der Waals surface area contributed by atoms with E-state index in [1.807, 2.05) is 18.2 Å². The highest BCUT2D eigenvalue weighted by molar-refractivity contribution is 7.84. The maximum Gasteiger partial charge on any atom is 0.0547 e. The fraction of sp³-hybridized carbons (Fsp3) is 0.333. The Labute approximate surface area is 128 Å². The summed E-state index contributed by atoms with van der Waals surface area (Å²) in [6.45, 7) is 2.06. The lowest BCUT2D eigenvalue weighted by molar-refractivity contribution is 0.562. The van der Waals surface area contributed by atoms with Gasteiger partial charge in [-0.1, -0.05) is 54.1 Å². The molecule has 21 heavy (non-hydrogen) atoms. The Morgan fingerprint density at radius 2 is 2.00 bits per heavy atom. The Bertz CT molecular complexity index is 668. The van der Waals surface area contributed by atoms with Crippen LogP contribution in [0.2, 0.25) is 0 Å². The molecular formula is C18H21NOS. The summed E-state index contributed by atoms with van der Waals surface area (Å²) in [5, 5.41) is 0.0559. The molecule has 0 radical (unpaired) electrons. The maximum atomic E-state index is 12.7. The van der Waals surface area contributed by atoms with Gasteiger partial charge < -0.3 is 5.73 Å². The van der Waals surface area contributed by atoms with Crippen LogP contribution in [0.4, 0.5) is 0 Å². The molecule has 0 heterocycles. The largest absolute Gasteiger partial charge is 0.323 e. The molecule has 2 aromatic rings. The zero-order valence-corrected chi connectivity index (χ0v) is 13.1. The summed E-state index contributed by atoms with van der Waals surface area (Å²) in [6.07, 6.45) is 1.89. The molecule has 2 nitrogen and oxygen atoms in total. The van der Waals surface area contributed by atoms with Gasteiger partial charge in [-0.05, 0) is 36.5 Å². The molecule has 3 heteroatoms. The Hall–Kier alpha value is -1.45. The van der Waals surface area contributed by atoms with E-state index in [9.17, 15) is 4.21 Å². The van der Waals surface area contributed by atoms with E-state index in [1.54, 1.807) is 0 Å². The van der Waals surface area contributed by atoms with Gasteiger partial charge >= 0.3 is 0 Å². The maximum absolute atomic E-state index is 12.7. The van der Waals surface area contributed by atoms with E-state index in [1.165, 1.54) is 16.7 Å². The van der Waals surface area contributed by atoms with Crippen molar-refractivity contribution in [2.24, 2.45) is 5.73 Å². The molecule has 0 saturated carbocycles. The first-order valence-corrected chi connectivity index (χ1v) is 8.79. The van der Waals surface area contributed by atoms with Crippen molar-refractivity contribution < 1.29 is 4.21 Å². The predicted octanol–water partition coefficient (Wildman–Crippen LogP) is 3.26. The molecule has 0 aromatic heterocycles. The number of hydrogen-bond donors (Lipinski definition) is 1. The minimum Gasteiger partial charge on any atom is -0.323 e. The standard InChI is InChI=1S/C18H21NOS/c1-13-5-4-6-14(11-13)12-21(20)17-10-9-15-7-2-3-8-16(15)18(17)19/h2-8,11,17-18H,9-10,12,19H2,1H3. The molecule has 1 aliphatic rings.